The number of pyridine rings is 1. The van der Waals surface area contributed by atoms with Crippen LogP contribution in [0.2, 0.25) is 0 Å². The van der Waals surface area contributed by atoms with E-state index in [9.17, 15) is 4.79 Å². The maximum atomic E-state index is 11.9. The van der Waals surface area contributed by atoms with E-state index in [1.165, 1.54) is 0 Å². The van der Waals surface area contributed by atoms with E-state index >= 15 is 0 Å². The van der Waals surface area contributed by atoms with Crippen molar-refractivity contribution >= 4 is 11.6 Å². The second-order valence-corrected chi connectivity index (χ2v) is 3.61. The number of hydrogen-bond acceptors (Lipinski definition) is 4. The molecule has 94 valence electrons. The minimum Gasteiger partial charge on any atom is -0.387 e. The summed E-state index contributed by atoms with van der Waals surface area (Å²) in [5.74, 6) is -0.0904. The van der Waals surface area contributed by atoms with Crippen LogP contribution in [0.25, 0.3) is 0 Å². The zero-order valence-corrected chi connectivity index (χ0v) is 10.6. The van der Waals surface area contributed by atoms with Crippen LogP contribution in [0.1, 0.15) is 17.4 Å². The van der Waals surface area contributed by atoms with E-state index in [2.05, 4.69) is 10.3 Å². The highest BCUT2D eigenvalue weighted by Crippen LogP contribution is 2.06. The molecule has 0 aromatic carbocycles. The number of nitrogens with zero attached hydrogens (tertiary/aromatic N) is 2. The smallest absolute Gasteiger partial charge is 0.272 e. The lowest BCUT2D eigenvalue weighted by Crippen LogP contribution is -2.30. The molecule has 1 aromatic heterocycles. The fourth-order valence-corrected chi connectivity index (χ4v) is 1.31. The fourth-order valence-electron chi connectivity index (χ4n) is 1.31. The molecule has 0 bridgehead atoms. The van der Waals surface area contributed by atoms with Crippen molar-refractivity contribution in [3.63, 3.8) is 0 Å². The highest BCUT2D eigenvalue weighted by molar-refractivity contribution is 5.92. The van der Waals surface area contributed by atoms with Gasteiger partial charge in [0.1, 0.15) is 5.69 Å². The summed E-state index contributed by atoms with van der Waals surface area (Å²) in [7, 11) is 3.56. The van der Waals surface area contributed by atoms with Crippen molar-refractivity contribution in [1.82, 2.24) is 9.88 Å². The fraction of sp³-hybridized carbons (Fsp3) is 0.500. The topological polar surface area (TPSA) is 54.5 Å². The second-order valence-electron chi connectivity index (χ2n) is 3.61. The Morgan fingerprint density at radius 3 is 2.82 bits per heavy atom. The summed E-state index contributed by atoms with van der Waals surface area (Å²) in [6.07, 6.45) is 1.64. The molecule has 0 saturated heterocycles. The van der Waals surface area contributed by atoms with Gasteiger partial charge < -0.3 is 15.0 Å². The molecule has 1 N–H and O–H groups in total. The Balaban J connectivity index is 2.55. The van der Waals surface area contributed by atoms with E-state index in [1.54, 1.807) is 24.2 Å². The summed E-state index contributed by atoms with van der Waals surface area (Å²) in [4.78, 5) is 17.6. The zero-order chi connectivity index (χ0) is 12.7. The number of hydrogen-bond donors (Lipinski definition) is 1. The Hall–Kier alpha value is -1.62. The van der Waals surface area contributed by atoms with E-state index in [1.807, 2.05) is 20.0 Å². The van der Waals surface area contributed by atoms with E-state index in [4.69, 9.17) is 4.74 Å². The monoisotopic (exact) mass is 237 g/mol. The van der Waals surface area contributed by atoms with Crippen LogP contribution >= 0.6 is 0 Å². The number of ether oxygens (including phenoxy) is 1. The van der Waals surface area contributed by atoms with Crippen molar-refractivity contribution < 1.29 is 9.53 Å². The molecule has 0 saturated carbocycles. The third-order valence-electron chi connectivity index (χ3n) is 2.39. The molecule has 0 atom stereocenters. The van der Waals surface area contributed by atoms with Crippen molar-refractivity contribution in [2.75, 3.05) is 39.2 Å². The van der Waals surface area contributed by atoms with Gasteiger partial charge in [-0.25, -0.2) is 4.98 Å². The minimum atomic E-state index is -0.0904. The average Bonchev–Trinajstić information content (AvgIpc) is 2.38. The Morgan fingerprint density at radius 2 is 2.29 bits per heavy atom. The molecule has 0 unspecified atom stereocenters. The first-order valence-electron chi connectivity index (χ1n) is 5.66. The van der Waals surface area contributed by atoms with Crippen molar-refractivity contribution in [2.45, 2.75) is 6.92 Å². The third kappa shape index (κ3) is 4.03. The summed E-state index contributed by atoms with van der Waals surface area (Å²) in [5, 5.41) is 2.96. The molecule has 5 nitrogen and oxygen atoms in total. The van der Waals surface area contributed by atoms with Gasteiger partial charge in [0.15, 0.2) is 0 Å². The van der Waals surface area contributed by atoms with Crippen LogP contribution in [0.3, 0.4) is 0 Å². The first kappa shape index (κ1) is 13.4. The van der Waals surface area contributed by atoms with Crippen LogP contribution in [0.5, 0.6) is 0 Å². The quantitative estimate of drug-likeness (QED) is 0.756. The van der Waals surface area contributed by atoms with Crippen LogP contribution in [-0.4, -0.2) is 49.6 Å². The summed E-state index contributed by atoms with van der Waals surface area (Å²) < 4.78 is 5.20. The molecule has 0 aliphatic heterocycles. The van der Waals surface area contributed by atoms with Crippen LogP contribution in [-0.2, 0) is 4.74 Å². The average molecular weight is 237 g/mol. The molecule has 5 heteroatoms. The predicted octanol–water partition coefficient (Wildman–Crippen LogP) is 1.23. The number of likely N-dealkylation sites (N-methyl/N-ethyl adjacent to an activating group) is 1. The molecule has 0 spiro atoms. The van der Waals surface area contributed by atoms with Crippen molar-refractivity contribution in [3.05, 3.63) is 24.0 Å². The summed E-state index contributed by atoms with van der Waals surface area (Å²) in [6.45, 7) is 3.71. The van der Waals surface area contributed by atoms with Gasteiger partial charge in [-0.2, -0.15) is 0 Å². The Labute approximate surface area is 102 Å². The lowest BCUT2D eigenvalue weighted by Gasteiger charge is -2.16. The van der Waals surface area contributed by atoms with E-state index < -0.39 is 0 Å². The van der Waals surface area contributed by atoms with Crippen LogP contribution in [0.4, 0.5) is 5.69 Å². The van der Waals surface area contributed by atoms with Crippen molar-refractivity contribution in [3.8, 4) is 0 Å². The van der Waals surface area contributed by atoms with Crippen molar-refractivity contribution in [1.29, 1.82) is 0 Å². The van der Waals surface area contributed by atoms with E-state index in [0.717, 1.165) is 5.69 Å². The molecular formula is C12H19N3O2. The summed E-state index contributed by atoms with van der Waals surface area (Å²) >= 11 is 0. The lowest BCUT2D eigenvalue weighted by atomic mass is 10.3. The lowest BCUT2D eigenvalue weighted by molar-refractivity contribution is 0.0704. The van der Waals surface area contributed by atoms with Gasteiger partial charge >= 0.3 is 0 Å². The molecule has 17 heavy (non-hydrogen) atoms. The third-order valence-corrected chi connectivity index (χ3v) is 2.39. The summed E-state index contributed by atoms with van der Waals surface area (Å²) in [6, 6.07) is 3.54. The summed E-state index contributed by atoms with van der Waals surface area (Å²) in [5.41, 5.74) is 1.33. The SMILES string of the molecule is CCOCCN(C)C(=O)c1ccc(NC)cn1. The van der Waals surface area contributed by atoms with Gasteiger partial charge in [0, 0.05) is 27.2 Å². The van der Waals surface area contributed by atoms with E-state index in [0.29, 0.717) is 25.5 Å². The van der Waals surface area contributed by atoms with Gasteiger partial charge in [-0.15, -0.1) is 0 Å². The Bertz CT molecular complexity index is 351. The number of aromatic nitrogens is 1. The molecule has 0 radical (unpaired) electrons. The number of carbonyl (C=O) groups is 1. The maximum absolute atomic E-state index is 11.9. The number of nitrogens with one attached hydrogen (secondary N) is 1. The standard InChI is InChI=1S/C12H19N3O2/c1-4-17-8-7-15(3)12(16)11-6-5-10(13-2)9-14-11/h5-6,9,13H,4,7-8H2,1-3H3. The maximum Gasteiger partial charge on any atom is 0.272 e. The normalized spacial score (nSPS) is 10.1. The zero-order valence-electron chi connectivity index (χ0n) is 10.6. The van der Waals surface area contributed by atoms with Gasteiger partial charge in [0.25, 0.3) is 5.91 Å². The van der Waals surface area contributed by atoms with Gasteiger partial charge in [-0.05, 0) is 19.1 Å². The van der Waals surface area contributed by atoms with Crippen LogP contribution in [0, 0.1) is 0 Å². The van der Waals surface area contributed by atoms with E-state index in [-0.39, 0.29) is 5.91 Å². The second kappa shape index (κ2) is 6.85. The van der Waals surface area contributed by atoms with Crippen molar-refractivity contribution in [2.24, 2.45) is 0 Å². The molecule has 0 aliphatic carbocycles. The van der Waals surface area contributed by atoms with Gasteiger partial charge in [0.2, 0.25) is 0 Å². The molecule has 0 fully saturated rings. The minimum absolute atomic E-state index is 0.0904. The first-order chi connectivity index (χ1) is 8.19. The Kier molecular flexibility index (Phi) is 5.42. The molecule has 0 aliphatic rings. The van der Waals surface area contributed by atoms with Gasteiger partial charge in [0.05, 0.1) is 18.5 Å². The highest BCUT2D eigenvalue weighted by Gasteiger charge is 2.12. The molecule has 1 heterocycles. The number of anilines is 1. The predicted molar refractivity (Wildman–Crippen MR) is 67.2 cm³/mol. The number of rotatable bonds is 6. The van der Waals surface area contributed by atoms with Crippen LogP contribution < -0.4 is 5.32 Å². The molecule has 1 rings (SSSR count). The molecule has 1 aromatic rings. The molecular weight excluding hydrogens is 218 g/mol. The van der Waals surface area contributed by atoms with Gasteiger partial charge in [-0.3, -0.25) is 4.79 Å². The number of carbonyl (C=O) groups excluding carboxylic acids is 1. The molecule has 1 amide bonds. The largest absolute Gasteiger partial charge is 0.387 e. The highest BCUT2D eigenvalue weighted by atomic mass is 16.5. The van der Waals surface area contributed by atoms with Gasteiger partial charge in [-0.1, -0.05) is 0 Å². The van der Waals surface area contributed by atoms with Crippen LogP contribution in [0.15, 0.2) is 18.3 Å². The Morgan fingerprint density at radius 1 is 1.53 bits per heavy atom. The number of amides is 1. The first-order valence-corrected chi connectivity index (χ1v) is 5.66.